The van der Waals surface area contributed by atoms with Gasteiger partial charge < -0.3 is 4.90 Å². The number of hydrogen-bond acceptors (Lipinski definition) is 6. The Morgan fingerprint density at radius 1 is 1.00 bits per heavy atom. The number of carbonyl (C=O) groups is 2. The first-order valence-corrected chi connectivity index (χ1v) is 12.0. The van der Waals surface area contributed by atoms with Gasteiger partial charge in [0, 0.05) is 36.6 Å². The molecule has 0 fully saturated rings. The number of thioether (sulfide) groups is 1. The van der Waals surface area contributed by atoms with Gasteiger partial charge in [-0.1, -0.05) is 26.0 Å². The van der Waals surface area contributed by atoms with E-state index >= 15 is 0 Å². The fourth-order valence-electron chi connectivity index (χ4n) is 4.39. The molecule has 0 spiro atoms. The van der Waals surface area contributed by atoms with Gasteiger partial charge >= 0.3 is 5.69 Å². The van der Waals surface area contributed by atoms with E-state index in [-0.39, 0.29) is 17.5 Å². The van der Waals surface area contributed by atoms with Gasteiger partial charge in [-0.05, 0) is 44.5 Å². The zero-order chi connectivity index (χ0) is 22.0. The van der Waals surface area contributed by atoms with Crippen LogP contribution in [0, 0.1) is 0 Å². The molecule has 2 aromatic rings. The van der Waals surface area contributed by atoms with Crippen LogP contribution in [0.5, 0.6) is 0 Å². The van der Waals surface area contributed by atoms with Gasteiger partial charge in [-0.3, -0.25) is 19.1 Å². The smallest absolute Gasteiger partial charge is 0.302 e. The van der Waals surface area contributed by atoms with E-state index in [9.17, 15) is 14.4 Å². The van der Waals surface area contributed by atoms with Crippen molar-refractivity contribution in [2.45, 2.75) is 44.7 Å². The molecule has 2 heterocycles. The lowest BCUT2D eigenvalue weighted by atomic mass is 10.1. The lowest BCUT2D eigenvalue weighted by Crippen LogP contribution is -2.34. The lowest BCUT2D eigenvalue weighted by molar-refractivity contribution is 0.0664. The van der Waals surface area contributed by atoms with Crippen LogP contribution >= 0.6 is 11.8 Å². The van der Waals surface area contributed by atoms with Crippen molar-refractivity contribution in [1.82, 2.24) is 19.4 Å². The molecule has 0 bridgehead atoms. The molecule has 2 aliphatic rings. The van der Waals surface area contributed by atoms with Crippen LogP contribution in [-0.2, 0) is 19.4 Å². The van der Waals surface area contributed by atoms with E-state index in [1.54, 1.807) is 24.3 Å². The highest BCUT2D eigenvalue weighted by Gasteiger charge is 2.34. The van der Waals surface area contributed by atoms with Crippen LogP contribution in [0.25, 0.3) is 0 Å². The van der Waals surface area contributed by atoms with Gasteiger partial charge in [0.2, 0.25) is 0 Å². The Bertz CT molecular complexity index is 1030. The summed E-state index contributed by atoms with van der Waals surface area (Å²) >= 11 is 1.47. The second kappa shape index (κ2) is 9.36. The molecule has 31 heavy (non-hydrogen) atoms. The summed E-state index contributed by atoms with van der Waals surface area (Å²) < 4.78 is 1.84. The molecule has 1 aromatic heterocycles. The molecule has 7 nitrogen and oxygen atoms in total. The van der Waals surface area contributed by atoms with Crippen LogP contribution in [0.3, 0.4) is 0 Å². The zero-order valence-electron chi connectivity index (χ0n) is 18.1. The molecule has 0 saturated heterocycles. The second-order valence-corrected chi connectivity index (χ2v) is 8.90. The van der Waals surface area contributed by atoms with E-state index in [1.807, 2.05) is 4.57 Å². The Morgan fingerprint density at radius 2 is 1.68 bits per heavy atom. The fraction of sp³-hybridized carbons (Fsp3) is 0.478. The number of benzene rings is 1. The van der Waals surface area contributed by atoms with Crippen LogP contribution < -0.4 is 5.69 Å². The summed E-state index contributed by atoms with van der Waals surface area (Å²) in [5, 5.41) is 0.758. The summed E-state index contributed by atoms with van der Waals surface area (Å²) in [7, 11) is 0. The maximum absolute atomic E-state index is 12.8. The molecule has 1 aliphatic carbocycles. The van der Waals surface area contributed by atoms with Gasteiger partial charge in [-0.2, -0.15) is 4.98 Å². The minimum absolute atomic E-state index is 0.198. The number of likely N-dealkylation sites (N-methyl/N-ethyl adjacent to an activating group) is 1. The highest BCUT2D eigenvalue weighted by molar-refractivity contribution is 7.99. The Balaban J connectivity index is 1.45. The number of nitrogens with zero attached hydrogens (tertiary/aromatic N) is 4. The third-order valence-electron chi connectivity index (χ3n) is 6.17. The minimum atomic E-state index is -0.244. The Hall–Kier alpha value is -2.45. The molecule has 0 radical (unpaired) electrons. The van der Waals surface area contributed by atoms with Crippen molar-refractivity contribution >= 4 is 23.6 Å². The molecule has 0 N–H and O–H groups in total. The number of imide groups is 1. The number of fused-ring (bicyclic) bond motifs is 2. The monoisotopic (exact) mass is 440 g/mol. The fourth-order valence-corrected chi connectivity index (χ4v) is 5.40. The largest absolute Gasteiger partial charge is 0.348 e. The summed E-state index contributed by atoms with van der Waals surface area (Å²) in [4.78, 5) is 45.8. The Morgan fingerprint density at radius 3 is 2.32 bits per heavy atom. The molecule has 1 aliphatic heterocycles. The van der Waals surface area contributed by atoms with E-state index in [4.69, 9.17) is 0 Å². The van der Waals surface area contributed by atoms with Crippen molar-refractivity contribution in [2.24, 2.45) is 0 Å². The molecule has 0 atom stereocenters. The first-order valence-electron chi connectivity index (χ1n) is 11.0. The zero-order valence-corrected chi connectivity index (χ0v) is 18.9. The third kappa shape index (κ3) is 4.19. The summed E-state index contributed by atoms with van der Waals surface area (Å²) in [5.74, 6) is 0.0331. The van der Waals surface area contributed by atoms with E-state index in [2.05, 4.69) is 23.7 Å². The molecular weight excluding hydrogens is 412 g/mol. The Labute approximate surface area is 186 Å². The normalized spacial score (nSPS) is 15.1. The molecule has 0 unspecified atom stereocenters. The molecule has 8 heteroatoms. The highest BCUT2D eigenvalue weighted by Crippen LogP contribution is 2.30. The average molecular weight is 441 g/mol. The van der Waals surface area contributed by atoms with Gasteiger partial charge in [0.25, 0.3) is 11.8 Å². The SMILES string of the molecule is CCN(CC)CCn1c2c(c(SCCN3C(=O)c4ccccc4C3=O)nc1=O)CCC2. The van der Waals surface area contributed by atoms with Gasteiger partial charge in [0.05, 0.1) is 11.1 Å². The van der Waals surface area contributed by atoms with Gasteiger partial charge in [-0.15, -0.1) is 11.8 Å². The van der Waals surface area contributed by atoms with Crippen LogP contribution in [0.1, 0.15) is 52.2 Å². The van der Waals surface area contributed by atoms with Crippen molar-refractivity contribution in [2.75, 3.05) is 31.9 Å². The van der Waals surface area contributed by atoms with E-state index < -0.39 is 0 Å². The molecule has 0 saturated carbocycles. The van der Waals surface area contributed by atoms with Crippen LogP contribution in [0.15, 0.2) is 34.1 Å². The van der Waals surface area contributed by atoms with Crippen LogP contribution in [0.2, 0.25) is 0 Å². The highest BCUT2D eigenvalue weighted by atomic mass is 32.2. The quantitative estimate of drug-likeness (QED) is 0.339. The first kappa shape index (κ1) is 21.8. The predicted molar refractivity (Wildman–Crippen MR) is 121 cm³/mol. The van der Waals surface area contributed by atoms with Crippen LogP contribution in [0.4, 0.5) is 0 Å². The molecule has 164 valence electrons. The third-order valence-corrected chi connectivity index (χ3v) is 7.16. The minimum Gasteiger partial charge on any atom is -0.302 e. The molecular formula is C23H28N4O3S. The van der Waals surface area contributed by atoms with Crippen molar-refractivity contribution in [3.8, 4) is 0 Å². The number of amides is 2. The standard InChI is InChI=1S/C23H28N4O3S/c1-3-25(4-2)12-13-26-19-11-7-10-18(19)20(24-23(26)30)31-15-14-27-21(28)16-8-5-6-9-17(16)22(27)29/h5-6,8-9H,3-4,7,10-15H2,1-2H3. The van der Waals surface area contributed by atoms with Gasteiger partial charge in [-0.25, -0.2) is 4.79 Å². The average Bonchev–Trinajstić information content (AvgIpc) is 3.36. The van der Waals surface area contributed by atoms with Gasteiger partial charge in [0.1, 0.15) is 5.03 Å². The van der Waals surface area contributed by atoms with Crippen LogP contribution in [-0.4, -0.2) is 63.1 Å². The summed E-state index contributed by atoms with van der Waals surface area (Å²) in [6.07, 6.45) is 2.85. The summed E-state index contributed by atoms with van der Waals surface area (Å²) in [6.45, 7) is 7.99. The maximum atomic E-state index is 12.8. The van der Waals surface area contributed by atoms with Crippen molar-refractivity contribution in [3.05, 3.63) is 57.1 Å². The maximum Gasteiger partial charge on any atom is 0.348 e. The van der Waals surface area contributed by atoms with Crippen molar-refractivity contribution in [1.29, 1.82) is 0 Å². The van der Waals surface area contributed by atoms with Crippen molar-refractivity contribution < 1.29 is 9.59 Å². The number of carbonyl (C=O) groups excluding carboxylic acids is 2. The van der Waals surface area contributed by atoms with Crippen molar-refractivity contribution in [3.63, 3.8) is 0 Å². The van der Waals surface area contributed by atoms with E-state index in [0.717, 1.165) is 55.2 Å². The number of hydrogen-bond donors (Lipinski definition) is 0. The Kier molecular flexibility index (Phi) is 6.57. The number of aromatic nitrogens is 2. The number of rotatable bonds is 9. The van der Waals surface area contributed by atoms with E-state index in [0.29, 0.717) is 30.0 Å². The predicted octanol–water partition coefficient (Wildman–Crippen LogP) is 2.46. The summed E-state index contributed by atoms with van der Waals surface area (Å²) in [6, 6.07) is 6.92. The topological polar surface area (TPSA) is 75.5 Å². The second-order valence-electron chi connectivity index (χ2n) is 7.81. The lowest BCUT2D eigenvalue weighted by Gasteiger charge is -2.20. The van der Waals surface area contributed by atoms with Gasteiger partial charge in [0.15, 0.2) is 0 Å². The molecule has 2 amide bonds. The molecule has 1 aromatic carbocycles. The first-order chi connectivity index (χ1) is 15.0. The van der Waals surface area contributed by atoms with E-state index in [1.165, 1.54) is 16.7 Å². The summed E-state index contributed by atoms with van der Waals surface area (Å²) in [5.41, 5.74) is 3.00. The molecule has 4 rings (SSSR count).